The van der Waals surface area contributed by atoms with E-state index < -0.39 is 0 Å². The first-order valence-corrected chi connectivity index (χ1v) is 7.29. The van der Waals surface area contributed by atoms with Gasteiger partial charge in [0, 0.05) is 20.0 Å². The Hall–Kier alpha value is -2.24. The molecule has 6 heteroatoms. The van der Waals surface area contributed by atoms with Crippen LogP contribution in [0.15, 0.2) is 18.2 Å². The van der Waals surface area contributed by atoms with E-state index in [4.69, 9.17) is 9.47 Å². The van der Waals surface area contributed by atoms with Crippen molar-refractivity contribution in [1.82, 2.24) is 10.6 Å². The first-order chi connectivity index (χ1) is 10.6. The van der Waals surface area contributed by atoms with Gasteiger partial charge in [-0.25, -0.2) is 0 Å². The Bertz CT molecular complexity index is 503. The summed E-state index contributed by atoms with van der Waals surface area (Å²) < 4.78 is 10.4. The molecule has 2 N–H and O–H groups in total. The second kappa shape index (κ2) is 9.65. The normalized spacial score (nSPS) is 9.95. The highest BCUT2D eigenvalue weighted by molar-refractivity contribution is 5.78. The molecule has 0 saturated carbocycles. The standard InChI is InChI=1S/C16H24N2O4/c1-12(19)17-8-4-5-9-18-16(20)11-13-6-7-14(21-2)15(10-13)22-3/h6-7,10H,4-5,8-9,11H2,1-3H3,(H,17,19)(H,18,20). The molecule has 0 spiro atoms. The van der Waals surface area contributed by atoms with Crippen LogP contribution in [0.5, 0.6) is 11.5 Å². The number of amides is 2. The molecule has 0 heterocycles. The Labute approximate surface area is 131 Å². The number of carbonyl (C=O) groups is 2. The van der Waals surface area contributed by atoms with Crippen LogP contribution < -0.4 is 20.1 Å². The molecule has 0 atom stereocenters. The van der Waals surface area contributed by atoms with Gasteiger partial charge in [-0.15, -0.1) is 0 Å². The molecule has 0 bridgehead atoms. The second-order valence-electron chi connectivity index (χ2n) is 4.91. The Morgan fingerprint density at radius 3 is 2.23 bits per heavy atom. The minimum absolute atomic E-state index is 0.0301. The van der Waals surface area contributed by atoms with E-state index in [-0.39, 0.29) is 11.8 Å². The lowest BCUT2D eigenvalue weighted by atomic mass is 10.1. The van der Waals surface area contributed by atoms with Crippen molar-refractivity contribution in [2.24, 2.45) is 0 Å². The summed E-state index contributed by atoms with van der Waals surface area (Å²) in [5.74, 6) is 1.19. The molecule has 122 valence electrons. The molecule has 0 aromatic heterocycles. The molecule has 0 saturated heterocycles. The van der Waals surface area contributed by atoms with Crippen molar-refractivity contribution >= 4 is 11.8 Å². The van der Waals surface area contributed by atoms with Crippen molar-refractivity contribution in [1.29, 1.82) is 0 Å². The molecule has 0 aliphatic heterocycles. The predicted molar refractivity (Wildman–Crippen MR) is 84.2 cm³/mol. The zero-order valence-corrected chi connectivity index (χ0v) is 13.4. The zero-order chi connectivity index (χ0) is 16.4. The van der Waals surface area contributed by atoms with Crippen molar-refractivity contribution in [3.63, 3.8) is 0 Å². The zero-order valence-electron chi connectivity index (χ0n) is 13.4. The molecule has 0 fully saturated rings. The highest BCUT2D eigenvalue weighted by Crippen LogP contribution is 2.27. The van der Waals surface area contributed by atoms with E-state index in [0.29, 0.717) is 31.0 Å². The van der Waals surface area contributed by atoms with Gasteiger partial charge < -0.3 is 20.1 Å². The Balaban J connectivity index is 2.31. The summed E-state index contributed by atoms with van der Waals surface area (Å²) in [6, 6.07) is 5.43. The largest absolute Gasteiger partial charge is 0.493 e. The number of methoxy groups -OCH3 is 2. The first-order valence-electron chi connectivity index (χ1n) is 7.29. The third-order valence-corrected chi connectivity index (χ3v) is 3.11. The summed E-state index contributed by atoms with van der Waals surface area (Å²) in [5, 5.41) is 5.58. The quantitative estimate of drug-likeness (QED) is 0.674. The van der Waals surface area contributed by atoms with Gasteiger partial charge in [-0.3, -0.25) is 9.59 Å². The van der Waals surface area contributed by atoms with Gasteiger partial charge in [0.05, 0.1) is 20.6 Å². The van der Waals surface area contributed by atoms with Crippen molar-refractivity contribution in [2.45, 2.75) is 26.2 Å². The highest BCUT2D eigenvalue weighted by Gasteiger charge is 2.08. The summed E-state index contributed by atoms with van der Waals surface area (Å²) in [6.07, 6.45) is 1.97. The topological polar surface area (TPSA) is 76.7 Å². The Morgan fingerprint density at radius 2 is 1.64 bits per heavy atom. The fourth-order valence-corrected chi connectivity index (χ4v) is 1.98. The van der Waals surface area contributed by atoms with Crippen LogP contribution >= 0.6 is 0 Å². The maximum absolute atomic E-state index is 11.9. The Morgan fingerprint density at radius 1 is 1.00 bits per heavy atom. The van der Waals surface area contributed by atoms with Crippen LogP contribution in [0.3, 0.4) is 0 Å². The number of hydrogen-bond donors (Lipinski definition) is 2. The average Bonchev–Trinajstić information content (AvgIpc) is 2.50. The average molecular weight is 308 g/mol. The molecule has 0 unspecified atom stereocenters. The van der Waals surface area contributed by atoms with Gasteiger partial charge in [0.15, 0.2) is 11.5 Å². The Kier molecular flexibility index (Phi) is 7.81. The fourth-order valence-electron chi connectivity index (χ4n) is 1.98. The smallest absolute Gasteiger partial charge is 0.224 e. The van der Waals surface area contributed by atoms with Crippen LogP contribution in [0.25, 0.3) is 0 Å². The van der Waals surface area contributed by atoms with E-state index in [1.165, 1.54) is 6.92 Å². The van der Waals surface area contributed by atoms with Gasteiger partial charge in [0.1, 0.15) is 0 Å². The molecule has 2 amide bonds. The minimum Gasteiger partial charge on any atom is -0.493 e. The van der Waals surface area contributed by atoms with Crippen molar-refractivity contribution in [2.75, 3.05) is 27.3 Å². The maximum Gasteiger partial charge on any atom is 0.224 e. The third kappa shape index (κ3) is 6.47. The third-order valence-electron chi connectivity index (χ3n) is 3.11. The van der Waals surface area contributed by atoms with E-state index >= 15 is 0 Å². The summed E-state index contributed by atoms with van der Waals surface area (Å²) in [4.78, 5) is 22.5. The van der Waals surface area contributed by atoms with Crippen molar-refractivity contribution in [3.05, 3.63) is 23.8 Å². The van der Waals surface area contributed by atoms with Crippen molar-refractivity contribution < 1.29 is 19.1 Å². The van der Waals surface area contributed by atoms with Gasteiger partial charge in [0.2, 0.25) is 11.8 Å². The summed E-state index contributed by atoms with van der Waals surface area (Å²) in [5.41, 5.74) is 0.869. The van der Waals surface area contributed by atoms with E-state index in [0.717, 1.165) is 18.4 Å². The first kappa shape index (κ1) is 17.8. The van der Waals surface area contributed by atoms with Crippen LogP contribution in [0.2, 0.25) is 0 Å². The van der Waals surface area contributed by atoms with Gasteiger partial charge in [0.25, 0.3) is 0 Å². The molecule has 22 heavy (non-hydrogen) atoms. The second-order valence-corrected chi connectivity index (χ2v) is 4.91. The number of unbranched alkanes of at least 4 members (excludes halogenated alkanes) is 1. The van der Waals surface area contributed by atoms with E-state index in [1.54, 1.807) is 26.4 Å². The SMILES string of the molecule is COc1ccc(CC(=O)NCCCCNC(C)=O)cc1OC. The molecule has 1 rings (SSSR count). The number of ether oxygens (including phenoxy) is 2. The van der Waals surface area contributed by atoms with Crippen LogP contribution in [0.4, 0.5) is 0 Å². The molecule has 0 aliphatic rings. The monoisotopic (exact) mass is 308 g/mol. The van der Waals surface area contributed by atoms with Crippen LogP contribution in [-0.4, -0.2) is 39.1 Å². The van der Waals surface area contributed by atoms with Gasteiger partial charge in [-0.05, 0) is 30.5 Å². The van der Waals surface area contributed by atoms with Gasteiger partial charge >= 0.3 is 0 Å². The van der Waals surface area contributed by atoms with Crippen LogP contribution in [-0.2, 0) is 16.0 Å². The lowest BCUT2D eigenvalue weighted by Crippen LogP contribution is -2.27. The van der Waals surface area contributed by atoms with Crippen LogP contribution in [0, 0.1) is 0 Å². The lowest BCUT2D eigenvalue weighted by Gasteiger charge is -2.10. The number of nitrogens with one attached hydrogen (secondary N) is 2. The van der Waals surface area contributed by atoms with E-state index in [9.17, 15) is 9.59 Å². The summed E-state index contributed by atoms with van der Waals surface area (Å²) in [6.45, 7) is 2.73. The molecular formula is C16H24N2O4. The maximum atomic E-state index is 11.9. The number of carbonyl (C=O) groups excluding carboxylic acids is 2. The van der Waals surface area contributed by atoms with E-state index in [2.05, 4.69) is 10.6 Å². The van der Waals surface area contributed by atoms with Crippen LogP contribution in [0.1, 0.15) is 25.3 Å². The molecule has 0 radical (unpaired) electrons. The highest BCUT2D eigenvalue weighted by atomic mass is 16.5. The number of benzene rings is 1. The van der Waals surface area contributed by atoms with Crippen molar-refractivity contribution in [3.8, 4) is 11.5 Å². The molecule has 6 nitrogen and oxygen atoms in total. The fraction of sp³-hybridized carbons (Fsp3) is 0.500. The number of rotatable bonds is 9. The minimum atomic E-state index is -0.0354. The van der Waals surface area contributed by atoms with Gasteiger partial charge in [-0.1, -0.05) is 6.07 Å². The molecule has 1 aromatic carbocycles. The summed E-state index contributed by atoms with van der Waals surface area (Å²) in [7, 11) is 3.14. The predicted octanol–water partition coefficient (Wildman–Crippen LogP) is 1.28. The van der Waals surface area contributed by atoms with Gasteiger partial charge in [-0.2, -0.15) is 0 Å². The summed E-state index contributed by atoms with van der Waals surface area (Å²) >= 11 is 0. The van der Waals surface area contributed by atoms with E-state index in [1.807, 2.05) is 6.07 Å². The number of hydrogen-bond acceptors (Lipinski definition) is 4. The molecule has 0 aliphatic carbocycles. The molecular weight excluding hydrogens is 284 g/mol. The molecule has 1 aromatic rings. The lowest BCUT2D eigenvalue weighted by molar-refractivity contribution is -0.121.